The Morgan fingerprint density at radius 2 is 1.61 bits per heavy atom. The molecule has 0 radical (unpaired) electrons. The van der Waals surface area contributed by atoms with E-state index in [0.29, 0.717) is 31.9 Å². The average Bonchev–Trinajstić information content (AvgIpc) is 2.36. The lowest BCUT2D eigenvalue weighted by molar-refractivity contribution is 0.282. The van der Waals surface area contributed by atoms with E-state index in [-0.39, 0.29) is 11.6 Å². The van der Waals surface area contributed by atoms with Crippen LogP contribution in [0.3, 0.4) is 0 Å². The zero-order valence-electron chi connectivity index (χ0n) is 8.92. The molecule has 2 aromatic rings. The summed E-state index contributed by atoms with van der Waals surface area (Å²) in [5.41, 5.74) is 1.42. The summed E-state index contributed by atoms with van der Waals surface area (Å²) >= 11 is 24.3. The van der Waals surface area contributed by atoms with Crippen LogP contribution in [0, 0.1) is 0 Å². The van der Waals surface area contributed by atoms with Gasteiger partial charge < -0.3 is 5.11 Å². The summed E-state index contributed by atoms with van der Waals surface area (Å²) < 4.78 is 0. The number of aliphatic hydroxyl groups excluding tert-OH is 1. The molecule has 0 spiro atoms. The van der Waals surface area contributed by atoms with Gasteiger partial charge in [-0.1, -0.05) is 46.4 Å². The first-order valence-electron chi connectivity index (χ1n) is 4.94. The molecule has 1 aromatic heterocycles. The maximum atomic E-state index is 9.18. The summed E-state index contributed by atoms with van der Waals surface area (Å²) in [7, 11) is 0. The topological polar surface area (TPSA) is 33.1 Å². The number of rotatable bonds is 2. The van der Waals surface area contributed by atoms with E-state index in [0.717, 1.165) is 0 Å². The first kappa shape index (κ1) is 13.9. The Morgan fingerprint density at radius 3 is 2.28 bits per heavy atom. The van der Waals surface area contributed by atoms with Gasteiger partial charge in [-0.3, -0.25) is 4.98 Å². The van der Waals surface area contributed by atoms with Gasteiger partial charge >= 0.3 is 0 Å². The third kappa shape index (κ3) is 2.44. The summed E-state index contributed by atoms with van der Waals surface area (Å²) in [4.78, 5) is 4.15. The predicted octanol–water partition coefficient (Wildman–Crippen LogP) is 4.85. The number of benzene rings is 1. The molecular formula is C12H7Cl4NO. The molecule has 6 heteroatoms. The van der Waals surface area contributed by atoms with Crippen LogP contribution in [0.1, 0.15) is 5.56 Å². The van der Waals surface area contributed by atoms with Crippen LogP contribution in [0.2, 0.25) is 20.1 Å². The molecule has 0 saturated carbocycles. The van der Waals surface area contributed by atoms with Gasteiger partial charge in [-0.25, -0.2) is 0 Å². The molecule has 1 heterocycles. The van der Waals surface area contributed by atoms with Crippen LogP contribution >= 0.6 is 46.4 Å². The normalized spacial score (nSPS) is 10.7. The summed E-state index contributed by atoms with van der Waals surface area (Å²) in [6.07, 6.45) is 1.53. The minimum Gasteiger partial charge on any atom is -0.392 e. The number of hydrogen-bond donors (Lipinski definition) is 1. The Morgan fingerprint density at radius 1 is 0.944 bits per heavy atom. The lowest BCUT2D eigenvalue weighted by Gasteiger charge is -2.11. The number of halogens is 4. The van der Waals surface area contributed by atoms with Crippen LogP contribution in [0.15, 0.2) is 24.4 Å². The van der Waals surface area contributed by atoms with Gasteiger partial charge in [-0.2, -0.15) is 0 Å². The molecule has 2 rings (SSSR count). The number of nitrogens with zero attached hydrogens (tertiary/aromatic N) is 1. The largest absolute Gasteiger partial charge is 0.392 e. The highest BCUT2D eigenvalue weighted by Crippen LogP contribution is 2.41. The Kier molecular flexibility index (Phi) is 4.36. The summed E-state index contributed by atoms with van der Waals surface area (Å²) in [5, 5.41) is 10.5. The van der Waals surface area contributed by atoms with Crippen LogP contribution in [-0.4, -0.2) is 10.1 Å². The van der Waals surface area contributed by atoms with E-state index in [1.54, 1.807) is 18.2 Å². The first-order chi connectivity index (χ1) is 8.56. The second-order valence-corrected chi connectivity index (χ2v) is 5.08. The second kappa shape index (κ2) is 5.64. The van der Waals surface area contributed by atoms with Gasteiger partial charge in [0.25, 0.3) is 0 Å². The Balaban J connectivity index is 2.73. The van der Waals surface area contributed by atoms with Crippen molar-refractivity contribution in [2.75, 3.05) is 0 Å². The third-order valence-electron chi connectivity index (χ3n) is 2.42. The third-order valence-corrected chi connectivity index (χ3v) is 3.96. The average molecular weight is 323 g/mol. The minimum absolute atomic E-state index is 0.190. The molecule has 1 aromatic carbocycles. The molecule has 0 saturated heterocycles. The van der Waals surface area contributed by atoms with Crippen molar-refractivity contribution in [3.8, 4) is 11.3 Å². The molecule has 0 amide bonds. The maximum Gasteiger partial charge on any atom is 0.0922 e. The van der Waals surface area contributed by atoms with Gasteiger partial charge in [0, 0.05) is 11.8 Å². The molecule has 0 unspecified atom stereocenters. The van der Waals surface area contributed by atoms with Gasteiger partial charge in [0.2, 0.25) is 0 Å². The van der Waals surface area contributed by atoms with E-state index in [9.17, 15) is 5.11 Å². The Labute approximate surface area is 124 Å². The van der Waals surface area contributed by atoms with E-state index < -0.39 is 0 Å². The molecule has 0 fully saturated rings. The molecule has 1 N–H and O–H groups in total. The van der Waals surface area contributed by atoms with Gasteiger partial charge in [0.15, 0.2) is 0 Å². The molecule has 0 aliphatic carbocycles. The van der Waals surface area contributed by atoms with Crippen LogP contribution in [-0.2, 0) is 6.61 Å². The second-order valence-electron chi connectivity index (χ2n) is 3.51. The zero-order valence-corrected chi connectivity index (χ0v) is 11.9. The highest BCUT2D eigenvalue weighted by Gasteiger charge is 2.17. The van der Waals surface area contributed by atoms with Crippen molar-refractivity contribution in [2.24, 2.45) is 0 Å². The van der Waals surface area contributed by atoms with Gasteiger partial charge in [-0.05, 0) is 23.8 Å². The van der Waals surface area contributed by atoms with Crippen molar-refractivity contribution in [1.82, 2.24) is 4.98 Å². The monoisotopic (exact) mass is 321 g/mol. The highest BCUT2D eigenvalue weighted by atomic mass is 35.5. The number of hydrogen-bond acceptors (Lipinski definition) is 2. The highest BCUT2D eigenvalue weighted by molar-refractivity contribution is 6.46. The van der Waals surface area contributed by atoms with Crippen molar-refractivity contribution in [3.05, 3.63) is 50.0 Å². The van der Waals surface area contributed by atoms with Crippen LogP contribution in [0.25, 0.3) is 11.3 Å². The van der Waals surface area contributed by atoms with Crippen molar-refractivity contribution in [3.63, 3.8) is 0 Å². The molecule has 18 heavy (non-hydrogen) atoms. The Bertz CT molecular complexity index is 601. The summed E-state index contributed by atoms with van der Waals surface area (Å²) in [6.45, 7) is -0.190. The smallest absolute Gasteiger partial charge is 0.0922 e. The van der Waals surface area contributed by atoms with E-state index in [1.807, 2.05) is 0 Å². The zero-order chi connectivity index (χ0) is 13.3. The summed E-state index contributed by atoms with van der Waals surface area (Å²) in [5.74, 6) is 0. The fourth-order valence-electron chi connectivity index (χ4n) is 1.52. The molecule has 0 bridgehead atoms. The molecule has 0 atom stereocenters. The number of aromatic nitrogens is 1. The standard InChI is InChI=1S/C12H7Cl4NO/c13-7-1-2-8(14)11(16)9(7)12-10(15)6(5-18)3-4-17-12/h1-4,18H,5H2. The van der Waals surface area contributed by atoms with E-state index >= 15 is 0 Å². The molecule has 0 aliphatic heterocycles. The van der Waals surface area contributed by atoms with Crippen molar-refractivity contribution < 1.29 is 5.11 Å². The SMILES string of the molecule is OCc1ccnc(-c2c(Cl)ccc(Cl)c2Cl)c1Cl. The maximum absolute atomic E-state index is 9.18. The molecule has 0 aliphatic rings. The fraction of sp³-hybridized carbons (Fsp3) is 0.0833. The number of pyridine rings is 1. The molecule has 2 nitrogen and oxygen atoms in total. The summed E-state index contributed by atoms with van der Waals surface area (Å²) in [6, 6.07) is 4.84. The van der Waals surface area contributed by atoms with Gasteiger partial charge in [-0.15, -0.1) is 0 Å². The predicted molar refractivity (Wildman–Crippen MR) is 75.6 cm³/mol. The quantitative estimate of drug-likeness (QED) is 0.801. The van der Waals surface area contributed by atoms with E-state index in [4.69, 9.17) is 46.4 Å². The lowest BCUT2D eigenvalue weighted by atomic mass is 10.1. The van der Waals surface area contributed by atoms with Crippen molar-refractivity contribution in [2.45, 2.75) is 6.61 Å². The van der Waals surface area contributed by atoms with Crippen molar-refractivity contribution >= 4 is 46.4 Å². The van der Waals surface area contributed by atoms with Crippen LogP contribution in [0.5, 0.6) is 0 Å². The number of aliphatic hydroxyl groups is 1. The molecular weight excluding hydrogens is 316 g/mol. The van der Waals surface area contributed by atoms with Crippen molar-refractivity contribution in [1.29, 1.82) is 0 Å². The molecule has 94 valence electrons. The van der Waals surface area contributed by atoms with Gasteiger partial charge in [0.1, 0.15) is 0 Å². The lowest BCUT2D eigenvalue weighted by Crippen LogP contribution is -1.93. The minimum atomic E-state index is -0.190. The first-order valence-corrected chi connectivity index (χ1v) is 6.45. The van der Waals surface area contributed by atoms with Crippen LogP contribution < -0.4 is 0 Å². The van der Waals surface area contributed by atoms with Crippen LogP contribution in [0.4, 0.5) is 0 Å². The van der Waals surface area contributed by atoms with E-state index in [1.165, 1.54) is 6.20 Å². The van der Waals surface area contributed by atoms with E-state index in [2.05, 4.69) is 4.98 Å². The fourth-order valence-corrected chi connectivity index (χ4v) is 2.50. The Hall–Kier alpha value is -0.510. The van der Waals surface area contributed by atoms with Gasteiger partial charge in [0.05, 0.1) is 32.4 Å².